The summed E-state index contributed by atoms with van der Waals surface area (Å²) < 4.78 is 10.4. The number of benzene rings is 2. The predicted octanol–water partition coefficient (Wildman–Crippen LogP) is 3.04. The van der Waals surface area contributed by atoms with Crippen LogP contribution in [-0.2, 0) is 13.1 Å². The van der Waals surface area contributed by atoms with E-state index < -0.39 is 0 Å². The first-order valence-electron chi connectivity index (χ1n) is 8.78. The van der Waals surface area contributed by atoms with Crippen LogP contribution < -0.4 is 20.1 Å². The molecular formula is C21H22N4O3. The molecule has 0 unspecified atom stereocenters. The van der Waals surface area contributed by atoms with E-state index >= 15 is 0 Å². The minimum Gasteiger partial charge on any atom is -0.497 e. The smallest absolute Gasteiger partial charge is 0.270 e. The molecule has 144 valence electrons. The van der Waals surface area contributed by atoms with Gasteiger partial charge in [0.1, 0.15) is 29.3 Å². The molecule has 2 N–H and O–H groups in total. The van der Waals surface area contributed by atoms with Crippen LogP contribution in [-0.4, -0.2) is 30.1 Å². The molecule has 1 amide bonds. The Morgan fingerprint density at radius 3 is 2.50 bits per heavy atom. The maximum atomic E-state index is 12.4. The van der Waals surface area contributed by atoms with E-state index in [1.165, 1.54) is 6.33 Å². The van der Waals surface area contributed by atoms with Crippen LogP contribution in [0.2, 0.25) is 0 Å². The van der Waals surface area contributed by atoms with Gasteiger partial charge in [0.05, 0.1) is 14.2 Å². The summed E-state index contributed by atoms with van der Waals surface area (Å²) in [5.74, 6) is 1.83. The molecule has 0 aliphatic carbocycles. The van der Waals surface area contributed by atoms with Crippen LogP contribution in [0.4, 0.5) is 5.82 Å². The first-order chi connectivity index (χ1) is 13.7. The maximum Gasteiger partial charge on any atom is 0.270 e. The molecule has 0 radical (unpaired) electrons. The molecule has 0 atom stereocenters. The van der Waals surface area contributed by atoms with E-state index in [0.717, 1.165) is 22.6 Å². The number of nitrogens with one attached hydrogen (secondary N) is 2. The lowest BCUT2D eigenvalue weighted by molar-refractivity contribution is 0.0945. The Kier molecular flexibility index (Phi) is 6.41. The number of aromatic nitrogens is 2. The van der Waals surface area contributed by atoms with Gasteiger partial charge < -0.3 is 20.1 Å². The van der Waals surface area contributed by atoms with E-state index in [1.807, 2.05) is 48.5 Å². The number of amides is 1. The third kappa shape index (κ3) is 4.97. The molecule has 1 heterocycles. The number of anilines is 1. The molecule has 0 saturated carbocycles. The molecule has 0 aliphatic heterocycles. The van der Waals surface area contributed by atoms with Crippen molar-refractivity contribution in [1.29, 1.82) is 0 Å². The number of hydrogen-bond acceptors (Lipinski definition) is 6. The standard InChI is InChI=1S/C21H22N4O3/c1-27-17-9-7-15(8-10-17)12-22-20-11-18(24-14-25-20)21(26)23-13-16-5-3-4-6-19(16)28-2/h3-11,14H,12-13H2,1-2H3,(H,23,26)(H,22,24,25). The summed E-state index contributed by atoms with van der Waals surface area (Å²) in [6.45, 7) is 0.921. The van der Waals surface area contributed by atoms with Crippen molar-refractivity contribution in [2.24, 2.45) is 0 Å². The third-order valence-electron chi connectivity index (χ3n) is 4.16. The number of para-hydroxylation sites is 1. The molecule has 0 aliphatic rings. The van der Waals surface area contributed by atoms with Crippen LogP contribution in [0.25, 0.3) is 0 Å². The van der Waals surface area contributed by atoms with E-state index in [1.54, 1.807) is 20.3 Å². The Morgan fingerprint density at radius 1 is 0.964 bits per heavy atom. The van der Waals surface area contributed by atoms with Gasteiger partial charge in [-0.2, -0.15) is 0 Å². The molecule has 2 aromatic carbocycles. The molecule has 28 heavy (non-hydrogen) atoms. The normalized spacial score (nSPS) is 10.2. The van der Waals surface area contributed by atoms with Crippen LogP contribution in [0.5, 0.6) is 11.5 Å². The van der Waals surface area contributed by atoms with Gasteiger partial charge in [0, 0.05) is 24.7 Å². The topological polar surface area (TPSA) is 85.4 Å². The third-order valence-corrected chi connectivity index (χ3v) is 4.16. The Morgan fingerprint density at radius 2 is 1.75 bits per heavy atom. The van der Waals surface area contributed by atoms with Crippen molar-refractivity contribution in [3.63, 3.8) is 0 Å². The molecule has 7 nitrogen and oxygen atoms in total. The Bertz CT molecular complexity index is 929. The van der Waals surface area contributed by atoms with E-state index in [9.17, 15) is 4.79 Å². The molecule has 0 saturated heterocycles. The predicted molar refractivity (Wildman–Crippen MR) is 107 cm³/mol. The fraction of sp³-hybridized carbons (Fsp3) is 0.190. The largest absolute Gasteiger partial charge is 0.497 e. The van der Waals surface area contributed by atoms with Crippen LogP contribution in [0.15, 0.2) is 60.9 Å². The van der Waals surface area contributed by atoms with Crippen molar-refractivity contribution in [3.05, 3.63) is 77.7 Å². The maximum absolute atomic E-state index is 12.4. The molecule has 0 bridgehead atoms. The van der Waals surface area contributed by atoms with Crippen molar-refractivity contribution in [1.82, 2.24) is 15.3 Å². The van der Waals surface area contributed by atoms with Gasteiger partial charge in [-0.15, -0.1) is 0 Å². The SMILES string of the molecule is COc1ccc(CNc2cc(C(=O)NCc3ccccc3OC)ncn2)cc1. The van der Waals surface area contributed by atoms with Crippen LogP contribution in [0, 0.1) is 0 Å². The van der Waals surface area contributed by atoms with Gasteiger partial charge in [-0.3, -0.25) is 4.79 Å². The minimum atomic E-state index is -0.277. The Hall–Kier alpha value is -3.61. The molecule has 3 aromatic rings. The van der Waals surface area contributed by atoms with Crippen molar-refractivity contribution in [3.8, 4) is 11.5 Å². The zero-order valence-electron chi connectivity index (χ0n) is 15.8. The highest BCUT2D eigenvalue weighted by Crippen LogP contribution is 2.17. The Balaban J connectivity index is 1.59. The summed E-state index contributed by atoms with van der Waals surface area (Å²) in [5, 5.41) is 6.05. The zero-order valence-corrected chi connectivity index (χ0v) is 15.8. The van der Waals surface area contributed by atoms with Gasteiger partial charge in [-0.25, -0.2) is 9.97 Å². The number of carbonyl (C=O) groups excluding carboxylic acids is 1. The summed E-state index contributed by atoms with van der Waals surface area (Å²) in [6, 6.07) is 16.9. The quantitative estimate of drug-likeness (QED) is 0.627. The number of carbonyl (C=O) groups is 1. The zero-order chi connectivity index (χ0) is 19.8. The van der Waals surface area contributed by atoms with Gasteiger partial charge in [0.25, 0.3) is 5.91 Å². The lowest BCUT2D eigenvalue weighted by Crippen LogP contribution is -2.24. The minimum absolute atomic E-state index is 0.277. The summed E-state index contributed by atoms with van der Waals surface area (Å²) in [6.07, 6.45) is 1.37. The highest BCUT2D eigenvalue weighted by atomic mass is 16.5. The number of nitrogens with zero attached hydrogens (tertiary/aromatic N) is 2. The van der Waals surface area contributed by atoms with Gasteiger partial charge >= 0.3 is 0 Å². The first-order valence-corrected chi connectivity index (χ1v) is 8.78. The fourth-order valence-corrected chi connectivity index (χ4v) is 2.63. The highest BCUT2D eigenvalue weighted by molar-refractivity contribution is 5.92. The first kappa shape index (κ1) is 19.2. The van der Waals surface area contributed by atoms with E-state index in [4.69, 9.17) is 9.47 Å². The number of rotatable bonds is 8. The summed E-state index contributed by atoms with van der Waals surface area (Å²) in [5.41, 5.74) is 2.26. The second-order valence-electron chi connectivity index (χ2n) is 5.98. The second kappa shape index (κ2) is 9.36. The van der Waals surface area contributed by atoms with Crippen molar-refractivity contribution in [2.75, 3.05) is 19.5 Å². The average molecular weight is 378 g/mol. The van der Waals surface area contributed by atoms with Gasteiger partial charge in [0.2, 0.25) is 0 Å². The average Bonchev–Trinajstić information content (AvgIpc) is 2.76. The van der Waals surface area contributed by atoms with Crippen LogP contribution in [0.3, 0.4) is 0 Å². The van der Waals surface area contributed by atoms with E-state index in [-0.39, 0.29) is 5.91 Å². The Labute approximate surface area is 163 Å². The van der Waals surface area contributed by atoms with Gasteiger partial charge in [-0.05, 0) is 23.8 Å². The van der Waals surface area contributed by atoms with Gasteiger partial charge in [-0.1, -0.05) is 30.3 Å². The molecule has 7 heteroatoms. The lowest BCUT2D eigenvalue weighted by atomic mass is 10.2. The van der Waals surface area contributed by atoms with E-state index in [2.05, 4.69) is 20.6 Å². The molecular weight excluding hydrogens is 356 g/mol. The molecule has 3 rings (SSSR count). The number of methoxy groups -OCH3 is 2. The molecule has 0 fully saturated rings. The monoisotopic (exact) mass is 378 g/mol. The summed E-state index contributed by atoms with van der Waals surface area (Å²) in [7, 11) is 3.24. The van der Waals surface area contributed by atoms with Gasteiger partial charge in [0.15, 0.2) is 0 Å². The van der Waals surface area contributed by atoms with Crippen molar-refractivity contribution >= 4 is 11.7 Å². The molecule has 0 spiro atoms. The second-order valence-corrected chi connectivity index (χ2v) is 5.98. The van der Waals surface area contributed by atoms with E-state index in [0.29, 0.717) is 24.6 Å². The van der Waals surface area contributed by atoms with Crippen LogP contribution >= 0.6 is 0 Å². The van der Waals surface area contributed by atoms with Crippen molar-refractivity contribution in [2.45, 2.75) is 13.1 Å². The lowest BCUT2D eigenvalue weighted by Gasteiger charge is -2.10. The number of hydrogen-bond donors (Lipinski definition) is 2. The number of ether oxygens (including phenoxy) is 2. The fourth-order valence-electron chi connectivity index (χ4n) is 2.63. The molecule has 1 aromatic heterocycles. The van der Waals surface area contributed by atoms with Crippen molar-refractivity contribution < 1.29 is 14.3 Å². The summed E-state index contributed by atoms with van der Waals surface area (Å²) >= 11 is 0. The van der Waals surface area contributed by atoms with Crippen LogP contribution in [0.1, 0.15) is 21.6 Å². The summed E-state index contributed by atoms with van der Waals surface area (Å²) in [4.78, 5) is 20.7. The highest BCUT2D eigenvalue weighted by Gasteiger charge is 2.10.